The Morgan fingerprint density at radius 3 is 1.88 bits per heavy atom. The van der Waals surface area contributed by atoms with Crippen LogP contribution >= 0.6 is 0 Å². The maximum absolute atomic E-state index is 12.6. The molecular formula is C17H16N2O6. The lowest BCUT2D eigenvalue weighted by Crippen LogP contribution is -2.50. The van der Waals surface area contributed by atoms with Gasteiger partial charge in [-0.1, -0.05) is 26.0 Å². The molecule has 1 aromatic carbocycles. The van der Waals surface area contributed by atoms with Gasteiger partial charge < -0.3 is 4.84 Å². The van der Waals surface area contributed by atoms with Gasteiger partial charge in [0.2, 0.25) is 0 Å². The first kappa shape index (κ1) is 16.8. The second kappa shape index (κ2) is 6.12. The highest BCUT2D eigenvalue weighted by Gasteiger charge is 2.46. The van der Waals surface area contributed by atoms with E-state index in [2.05, 4.69) is 0 Å². The standard InChI is InChI=1S/C17H16N2O6/c1-9(2)14(17(24)25-19-12(20)7-8-13(19)21)18-15(22)10-5-3-4-6-11(10)16(18)23/h3-6,9,14H,7-8H2,1-2H3. The molecule has 0 spiro atoms. The molecule has 8 nitrogen and oxygen atoms in total. The van der Waals surface area contributed by atoms with Crippen LogP contribution in [0.1, 0.15) is 47.4 Å². The Kier molecular flexibility index (Phi) is 4.12. The zero-order chi connectivity index (χ0) is 18.3. The van der Waals surface area contributed by atoms with Gasteiger partial charge in [0.25, 0.3) is 23.6 Å². The third-order valence-electron chi connectivity index (χ3n) is 4.16. The van der Waals surface area contributed by atoms with Gasteiger partial charge in [-0.15, -0.1) is 5.06 Å². The summed E-state index contributed by atoms with van der Waals surface area (Å²) in [5, 5.41) is 0.413. The van der Waals surface area contributed by atoms with Gasteiger partial charge in [0, 0.05) is 12.8 Å². The van der Waals surface area contributed by atoms with E-state index in [1.54, 1.807) is 26.0 Å². The van der Waals surface area contributed by atoms with Crippen LogP contribution in [0.2, 0.25) is 0 Å². The number of rotatable bonds is 4. The first-order valence-corrected chi connectivity index (χ1v) is 7.87. The lowest BCUT2D eigenvalue weighted by atomic mass is 10.0. The fourth-order valence-electron chi connectivity index (χ4n) is 2.94. The molecule has 0 aliphatic carbocycles. The van der Waals surface area contributed by atoms with Crippen molar-refractivity contribution in [1.29, 1.82) is 0 Å². The Hall–Kier alpha value is -3.03. The van der Waals surface area contributed by atoms with Crippen LogP contribution in [0, 0.1) is 5.92 Å². The molecule has 2 aliphatic heterocycles. The van der Waals surface area contributed by atoms with Crippen LogP contribution < -0.4 is 0 Å². The number of imide groups is 2. The van der Waals surface area contributed by atoms with E-state index in [4.69, 9.17) is 4.84 Å². The summed E-state index contributed by atoms with van der Waals surface area (Å²) in [6, 6.07) is 5.02. The summed E-state index contributed by atoms with van der Waals surface area (Å²) in [7, 11) is 0. The Morgan fingerprint density at radius 1 is 0.960 bits per heavy atom. The van der Waals surface area contributed by atoms with E-state index in [0.29, 0.717) is 5.06 Å². The highest BCUT2D eigenvalue weighted by molar-refractivity contribution is 6.22. The topological polar surface area (TPSA) is 101 Å². The largest absolute Gasteiger partial charge is 0.356 e. The van der Waals surface area contributed by atoms with E-state index in [-0.39, 0.29) is 24.0 Å². The Morgan fingerprint density at radius 2 is 1.44 bits per heavy atom. The quantitative estimate of drug-likeness (QED) is 0.753. The molecule has 1 atom stereocenters. The number of carbonyl (C=O) groups excluding carboxylic acids is 5. The summed E-state index contributed by atoms with van der Waals surface area (Å²) in [6.07, 6.45) is -0.0725. The highest BCUT2D eigenvalue weighted by atomic mass is 16.7. The minimum absolute atomic E-state index is 0.0362. The van der Waals surface area contributed by atoms with Crippen LogP contribution in [0.4, 0.5) is 0 Å². The average molecular weight is 344 g/mol. The second-order valence-corrected chi connectivity index (χ2v) is 6.21. The van der Waals surface area contributed by atoms with Crippen molar-refractivity contribution in [2.24, 2.45) is 5.92 Å². The highest BCUT2D eigenvalue weighted by Crippen LogP contribution is 2.28. The summed E-state index contributed by atoms with van der Waals surface area (Å²) in [5.74, 6) is -3.91. The monoisotopic (exact) mass is 344 g/mol. The zero-order valence-electron chi connectivity index (χ0n) is 13.7. The number of carbonyl (C=O) groups is 5. The molecule has 25 heavy (non-hydrogen) atoms. The van der Waals surface area contributed by atoms with Crippen molar-refractivity contribution < 1.29 is 28.8 Å². The van der Waals surface area contributed by atoms with Crippen LogP contribution in [-0.2, 0) is 19.2 Å². The Labute approximate surface area is 143 Å². The summed E-state index contributed by atoms with van der Waals surface area (Å²) in [4.78, 5) is 66.7. The van der Waals surface area contributed by atoms with Gasteiger partial charge in [-0.25, -0.2) is 4.79 Å². The first-order chi connectivity index (χ1) is 11.8. The molecule has 0 radical (unpaired) electrons. The Balaban J connectivity index is 1.88. The van der Waals surface area contributed by atoms with Crippen molar-refractivity contribution in [2.45, 2.75) is 32.7 Å². The van der Waals surface area contributed by atoms with Crippen LogP contribution in [0.3, 0.4) is 0 Å². The lowest BCUT2D eigenvalue weighted by molar-refractivity contribution is -0.201. The molecule has 3 rings (SSSR count). The molecular weight excluding hydrogens is 328 g/mol. The first-order valence-electron chi connectivity index (χ1n) is 7.87. The third-order valence-corrected chi connectivity index (χ3v) is 4.16. The van der Waals surface area contributed by atoms with Gasteiger partial charge in [0.05, 0.1) is 11.1 Å². The number of amides is 4. The van der Waals surface area contributed by atoms with Crippen molar-refractivity contribution >= 4 is 29.6 Å². The summed E-state index contributed by atoms with van der Waals surface area (Å²) in [6.45, 7) is 3.28. The van der Waals surface area contributed by atoms with Crippen molar-refractivity contribution in [1.82, 2.24) is 9.96 Å². The predicted octanol–water partition coefficient (Wildman–Crippen LogP) is 0.914. The lowest BCUT2D eigenvalue weighted by Gasteiger charge is -2.28. The molecule has 1 aromatic rings. The minimum Gasteiger partial charge on any atom is -0.328 e. The number of nitrogens with zero attached hydrogens (tertiary/aromatic N) is 2. The molecule has 0 N–H and O–H groups in total. The molecule has 4 amide bonds. The molecule has 0 bridgehead atoms. The summed E-state index contributed by atoms with van der Waals surface area (Å²) >= 11 is 0. The molecule has 1 unspecified atom stereocenters. The second-order valence-electron chi connectivity index (χ2n) is 6.21. The van der Waals surface area contributed by atoms with E-state index in [1.165, 1.54) is 12.1 Å². The minimum atomic E-state index is -1.24. The molecule has 0 saturated carbocycles. The number of hydrogen-bond acceptors (Lipinski definition) is 6. The Bertz CT molecular complexity index is 749. The van der Waals surface area contributed by atoms with Crippen molar-refractivity contribution in [2.75, 3.05) is 0 Å². The van der Waals surface area contributed by atoms with Gasteiger partial charge >= 0.3 is 5.97 Å². The molecule has 8 heteroatoms. The van der Waals surface area contributed by atoms with Gasteiger partial charge in [-0.05, 0) is 18.1 Å². The molecule has 1 saturated heterocycles. The van der Waals surface area contributed by atoms with Crippen LogP contribution in [0.15, 0.2) is 24.3 Å². The van der Waals surface area contributed by atoms with Crippen LogP contribution in [0.5, 0.6) is 0 Å². The molecule has 1 fully saturated rings. The number of hydroxylamine groups is 2. The van der Waals surface area contributed by atoms with E-state index in [1.807, 2.05) is 0 Å². The number of benzene rings is 1. The van der Waals surface area contributed by atoms with Gasteiger partial charge in [-0.2, -0.15) is 0 Å². The maximum Gasteiger partial charge on any atom is 0.356 e. The normalized spacial score (nSPS) is 18.2. The fraction of sp³-hybridized carbons (Fsp3) is 0.353. The fourth-order valence-corrected chi connectivity index (χ4v) is 2.94. The van der Waals surface area contributed by atoms with Crippen LogP contribution in [0.25, 0.3) is 0 Å². The average Bonchev–Trinajstić information content (AvgIpc) is 3.01. The predicted molar refractivity (Wildman–Crippen MR) is 82.7 cm³/mol. The summed E-state index contributed by atoms with van der Waals surface area (Å²) < 4.78 is 0. The third kappa shape index (κ3) is 2.69. The molecule has 2 heterocycles. The number of fused-ring (bicyclic) bond motifs is 1. The van der Waals surface area contributed by atoms with Crippen molar-refractivity contribution in [3.63, 3.8) is 0 Å². The molecule has 0 aromatic heterocycles. The molecule has 130 valence electrons. The van der Waals surface area contributed by atoms with Crippen molar-refractivity contribution in [3.8, 4) is 0 Å². The van der Waals surface area contributed by atoms with Gasteiger partial charge in [0.15, 0.2) is 0 Å². The SMILES string of the molecule is CC(C)C(C(=O)ON1C(=O)CCC1=O)N1C(=O)c2ccccc2C1=O. The van der Waals surface area contributed by atoms with E-state index >= 15 is 0 Å². The summed E-state index contributed by atoms with van der Waals surface area (Å²) in [5.41, 5.74) is 0.415. The smallest absolute Gasteiger partial charge is 0.328 e. The van der Waals surface area contributed by atoms with Crippen LogP contribution in [-0.4, -0.2) is 45.6 Å². The van der Waals surface area contributed by atoms with E-state index in [9.17, 15) is 24.0 Å². The van der Waals surface area contributed by atoms with E-state index in [0.717, 1.165) is 4.90 Å². The van der Waals surface area contributed by atoms with E-state index < -0.39 is 41.6 Å². The van der Waals surface area contributed by atoms with Gasteiger partial charge in [0.1, 0.15) is 6.04 Å². The molecule has 2 aliphatic rings. The van der Waals surface area contributed by atoms with Gasteiger partial charge in [-0.3, -0.25) is 24.1 Å². The maximum atomic E-state index is 12.6. The zero-order valence-corrected chi connectivity index (χ0v) is 13.7. The van der Waals surface area contributed by atoms with Crippen molar-refractivity contribution in [3.05, 3.63) is 35.4 Å². The number of hydrogen-bond donors (Lipinski definition) is 0.